The van der Waals surface area contributed by atoms with Crippen molar-refractivity contribution in [3.63, 3.8) is 0 Å². The fraction of sp³-hybridized carbons (Fsp3) is 0.321. The fourth-order valence-electron chi connectivity index (χ4n) is 4.08. The molecule has 4 rings (SSSR count). The highest BCUT2D eigenvalue weighted by Crippen LogP contribution is 2.37. The van der Waals surface area contributed by atoms with Gasteiger partial charge in [-0.25, -0.2) is 9.97 Å². The molecule has 1 aliphatic heterocycles. The Morgan fingerprint density at radius 1 is 1.05 bits per heavy atom. The van der Waals surface area contributed by atoms with Crippen LogP contribution < -0.4 is 20.4 Å². The maximum atomic E-state index is 13.5. The fourth-order valence-corrected chi connectivity index (χ4v) is 4.08. The van der Waals surface area contributed by atoms with Crippen LogP contribution in [0.5, 0.6) is 0 Å². The minimum Gasteiger partial charge on any atom is -0.378 e. The summed E-state index contributed by atoms with van der Waals surface area (Å²) < 4.78 is 5.52. The van der Waals surface area contributed by atoms with Gasteiger partial charge in [0.05, 0.1) is 30.5 Å². The van der Waals surface area contributed by atoms with Crippen molar-refractivity contribution >= 4 is 34.8 Å². The first-order valence-electron chi connectivity index (χ1n) is 12.4. The van der Waals surface area contributed by atoms with Gasteiger partial charge in [0.2, 0.25) is 5.95 Å². The highest BCUT2D eigenvalue weighted by atomic mass is 16.5. The summed E-state index contributed by atoms with van der Waals surface area (Å²) in [5, 5.41) is 14.4. The van der Waals surface area contributed by atoms with Gasteiger partial charge in [-0.15, -0.1) is 0 Å². The molecule has 38 heavy (non-hydrogen) atoms. The number of nitriles is 1. The van der Waals surface area contributed by atoms with Crippen molar-refractivity contribution in [3.05, 3.63) is 72.1 Å². The van der Waals surface area contributed by atoms with Crippen molar-refractivity contribution in [2.75, 3.05) is 42.6 Å². The SMILES string of the molecule is CC(C)(C)NC(=O)c1ccc(N2CCOCC2)cc1N(c1ccc(C(=O)NCC#N)cc1)c1ncccn1. The van der Waals surface area contributed by atoms with Gasteiger partial charge in [0.15, 0.2) is 0 Å². The summed E-state index contributed by atoms with van der Waals surface area (Å²) in [5.41, 5.74) is 2.64. The Kier molecular flexibility index (Phi) is 8.19. The van der Waals surface area contributed by atoms with E-state index in [-0.39, 0.29) is 18.4 Å². The van der Waals surface area contributed by atoms with Gasteiger partial charge in [-0.05, 0) is 69.3 Å². The lowest BCUT2D eigenvalue weighted by molar-refractivity contribution is 0.0918. The average Bonchev–Trinajstić information content (AvgIpc) is 2.92. The molecule has 0 unspecified atom stereocenters. The monoisotopic (exact) mass is 513 g/mol. The van der Waals surface area contributed by atoms with Crippen LogP contribution in [0.4, 0.5) is 23.0 Å². The highest BCUT2D eigenvalue weighted by Gasteiger charge is 2.26. The van der Waals surface area contributed by atoms with Crippen molar-refractivity contribution in [1.29, 1.82) is 5.26 Å². The van der Waals surface area contributed by atoms with Crippen LogP contribution in [0.3, 0.4) is 0 Å². The lowest BCUT2D eigenvalue weighted by Crippen LogP contribution is -2.41. The molecule has 10 nitrogen and oxygen atoms in total. The highest BCUT2D eigenvalue weighted by molar-refractivity contribution is 6.03. The first-order chi connectivity index (χ1) is 18.3. The van der Waals surface area contributed by atoms with Gasteiger partial charge in [-0.1, -0.05) is 0 Å². The molecule has 0 spiro atoms. The van der Waals surface area contributed by atoms with Crippen molar-refractivity contribution in [2.24, 2.45) is 0 Å². The number of nitrogens with zero attached hydrogens (tertiary/aromatic N) is 5. The molecule has 3 aromatic rings. The first-order valence-corrected chi connectivity index (χ1v) is 12.4. The maximum Gasteiger partial charge on any atom is 0.253 e. The molecule has 1 fully saturated rings. The molecule has 0 radical (unpaired) electrons. The predicted molar refractivity (Wildman–Crippen MR) is 145 cm³/mol. The zero-order chi connectivity index (χ0) is 27.1. The largest absolute Gasteiger partial charge is 0.378 e. The molecule has 0 atom stereocenters. The summed E-state index contributed by atoms with van der Waals surface area (Å²) in [7, 11) is 0. The number of ether oxygens (including phenoxy) is 1. The number of hydrogen-bond donors (Lipinski definition) is 2. The molecule has 10 heteroatoms. The summed E-state index contributed by atoms with van der Waals surface area (Å²) >= 11 is 0. The zero-order valence-electron chi connectivity index (χ0n) is 21.8. The molecule has 1 aromatic heterocycles. The summed E-state index contributed by atoms with van der Waals surface area (Å²) in [6.45, 7) is 8.45. The summed E-state index contributed by atoms with van der Waals surface area (Å²) in [6.07, 6.45) is 3.28. The van der Waals surface area contributed by atoms with Crippen LogP contribution in [-0.2, 0) is 4.74 Å². The molecule has 2 N–H and O–H groups in total. The van der Waals surface area contributed by atoms with Gasteiger partial charge in [0.25, 0.3) is 11.8 Å². The molecule has 1 aliphatic rings. The molecule has 2 amide bonds. The van der Waals surface area contributed by atoms with E-state index in [0.29, 0.717) is 41.7 Å². The summed E-state index contributed by atoms with van der Waals surface area (Å²) in [4.78, 5) is 38.8. The normalized spacial score (nSPS) is 13.4. The van der Waals surface area contributed by atoms with Gasteiger partial charge < -0.3 is 20.3 Å². The third-order valence-corrected chi connectivity index (χ3v) is 5.80. The Hall–Kier alpha value is -4.49. The standard InChI is InChI=1S/C28H31N7O3/c1-28(2,3)33-26(37)23-10-9-22(34-15-17-38-18-16-34)19-24(23)35(27-31-12-4-13-32-27)21-7-5-20(6-8-21)25(36)30-14-11-29/h4-10,12-13,19H,14-18H2,1-3H3,(H,30,36)(H,33,37). The van der Waals surface area contributed by atoms with Crippen molar-refractivity contribution in [3.8, 4) is 6.07 Å². The van der Waals surface area contributed by atoms with Crippen molar-refractivity contribution in [1.82, 2.24) is 20.6 Å². The Balaban J connectivity index is 1.83. The molecule has 2 aromatic carbocycles. The Morgan fingerprint density at radius 3 is 2.37 bits per heavy atom. The first kappa shape index (κ1) is 26.6. The smallest absolute Gasteiger partial charge is 0.253 e. The predicted octanol–water partition coefficient (Wildman–Crippen LogP) is 3.56. The third-order valence-electron chi connectivity index (χ3n) is 5.80. The second-order valence-electron chi connectivity index (χ2n) is 9.78. The number of nitrogens with one attached hydrogen (secondary N) is 2. The Morgan fingerprint density at radius 2 is 1.74 bits per heavy atom. The van der Waals surface area contributed by atoms with E-state index >= 15 is 0 Å². The van der Waals surface area contributed by atoms with Crippen LogP contribution in [0.1, 0.15) is 41.5 Å². The lowest BCUT2D eigenvalue weighted by Gasteiger charge is -2.32. The molecule has 0 bridgehead atoms. The Bertz CT molecular complexity index is 1310. The number of aromatic nitrogens is 2. The van der Waals surface area contributed by atoms with E-state index in [2.05, 4.69) is 25.5 Å². The lowest BCUT2D eigenvalue weighted by atomic mass is 10.0. The number of carbonyl (C=O) groups excluding carboxylic acids is 2. The number of morpholine rings is 1. The molecule has 1 saturated heterocycles. The number of hydrogen-bond acceptors (Lipinski definition) is 8. The van der Waals surface area contributed by atoms with E-state index in [1.807, 2.05) is 45.0 Å². The van der Waals surface area contributed by atoms with Crippen LogP contribution in [0, 0.1) is 11.3 Å². The topological polar surface area (TPSA) is 123 Å². The third kappa shape index (κ3) is 6.44. The molecule has 196 valence electrons. The summed E-state index contributed by atoms with van der Waals surface area (Å²) in [5.74, 6) is -0.201. The van der Waals surface area contributed by atoms with Crippen LogP contribution in [-0.4, -0.2) is 60.2 Å². The number of rotatable bonds is 7. The molecular formula is C28H31N7O3. The van der Waals surface area contributed by atoms with Crippen molar-refractivity contribution in [2.45, 2.75) is 26.3 Å². The van der Waals surface area contributed by atoms with E-state index in [0.717, 1.165) is 18.8 Å². The van der Waals surface area contributed by atoms with E-state index in [1.54, 1.807) is 47.6 Å². The van der Waals surface area contributed by atoms with E-state index in [9.17, 15) is 9.59 Å². The van der Waals surface area contributed by atoms with Gasteiger partial charge in [-0.2, -0.15) is 5.26 Å². The van der Waals surface area contributed by atoms with E-state index < -0.39 is 5.54 Å². The molecule has 0 aliphatic carbocycles. The van der Waals surface area contributed by atoms with Gasteiger partial charge in [-0.3, -0.25) is 14.5 Å². The molecular weight excluding hydrogens is 482 g/mol. The van der Waals surface area contributed by atoms with E-state index in [1.165, 1.54) is 0 Å². The number of amides is 2. The average molecular weight is 514 g/mol. The van der Waals surface area contributed by atoms with Gasteiger partial charge >= 0.3 is 0 Å². The van der Waals surface area contributed by atoms with Crippen molar-refractivity contribution < 1.29 is 14.3 Å². The number of benzene rings is 2. The number of anilines is 4. The van der Waals surface area contributed by atoms with Gasteiger partial charge in [0, 0.05) is 48.0 Å². The second kappa shape index (κ2) is 11.7. The van der Waals surface area contributed by atoms with Crippen LogP contribution in [0.15, 0.2) is 60.9 Å². The zero-order valence-corrected chi connectivity index (χ0v) is 21.8. The minimum absolute atomic E-state index is 0.0782. The van der Waals surface area contributed by atoms with Crippen LogP contribution >= 0.6 is 0 Å². The Labute approximate surface area is 222 Å². The number of carbonyl (C=O) groups is 2. The van der Waals surface area contributed by atoms with Gasteiger partial charge in [0.1, 0.15) is 6.54 Å². The van der Waals surface area contributed by atoms with E-state index in [4.69, 9.17) is 10.00 Å². The molecule has 2 heterocycles. The summed E-state index contributed by atoms with van der Waals surface area (Å²) in [6, 6.07) is 16.2. The minimum atomic E-state index is -0.441. The molecule has 0 saturated carbocycles. The quantitative estimate of drug-likeness (QED) is 0.460. The van der Waals surface area contributed by atoms with Crippen LogP contribution in [0.25, 0.3) is 0 Å². The second-order valence-corrected chi connectivity index (χ2v) is 9.78. The maximum absolute atomic E-state index is 13.5. The van der Waals surface area contributed by atoms with Crippen LogP contribution in [0.2, 0.25) is 0 Å².